The van der Waals surface area contributed by atoms with Gasteiger partial charge >= 0.3 is 0 Å². The summed E-state index contributed by atoms with van der Waals surface area (Å²) in [6, 6.07) is 10.1. The van der Waals surface area contributed by atoms with Crippen molar-refractivity contribution in [3.05, 3.63) is 30.3 Å². The zero-order valence-corrected chi connectivity index (χ0v) is 16.9. The van der Waals surface area contributed by atoms with Gasteiger partial charge in [-0.3, -0.25) is 14.6 Å². The summed E-state index contributed by atoms with van der Waals surface area (Å²) in [5.74, 6) is 1.10. The predicted molar refractivity (Wildman–Crippen MR) is 111 cm³/mol. The number of hydrogen-bond donors (Lipinski definition) is 2. The number of guanidine groups is 1. The Morgan fingerprint density at radius 3 is 2.68 bits per heavy atom. The lowest BCUT2D eigenvalue weighted by Gasteiger charge is -2.27. The SMILES string of the molecule is CCC(CCNC(=NC)NC1CC(=O)N(c2ccccc2)C1)N1CCCC1=O. The van der Waals surface area contributed by atoms with Crippen molar-refractivity contribution in [3.8, 4) is 0 Å². The maximum Gasteiger partial charge on any atom is 0.229 e. The Kier molecular flexibility index (Phi) is 6.90. The van der Waals surface area contributed by atoms with Gasteiger partial charge in [0.2, 0.25) is 11.8 Å². The third-order valence-electron chi connectivity index (χ3n) is 5.55. The molecular formula is C21H31N5O2. The number of aliphatic imine (C=N–C) groups is 1. The van der Waals surface area contributed by atoms with Crippen molar-refractivity contribution in [1.29, 1.82) is 0 Å². The highest BCUT2D eigenvalue weighted by atomic mass is 16.2. The molecule has 7 nitrogen and oxygen atoms in total. The number of rotatable bonds is 7. The number of para-hydroxylation sites is 1. The largest absolute Gasteiger partial charge is 0.356 e. The van der Waals surface area contributed by atoms with Crippen LogP contribution in [0.15, 0.2) is 35.3 Å². The van der Waals surface area contributed by atoms with Crippen LogP contribution in [0.5, 0.6) is 0 Å². The van der Waals surface area contributed by atoms with Gasteiger partial charge < -0.3 is 20.4 Å². The summed E-state index contributed by atoms with van der Waals surface area (Å²) < 4.78 is 0. The van der Waals surface area contributed by atoms with Crippen LogP contribution in [0.3, 0.4) is 0 Å². The molecular weight excluding hydrogens is 354 g/mol. The Labute approximate surface area is 167 Å². The van der Waals surface area contributed by atoms with Crippen LogP contribution in [0.4, 0.5) is 5.69 Å². The summed E-state index contributed by atoms with van der Waals surface area (Å²) in [6.07, 6.45) is 3.96. The molecule has 2 amide bonds. The smallest absolute Gasteiger partial charge is 0.229 e. The van der Waals surface area contributed by atoms with Crippen LogP contribution >= 0.6 is 0 Å². The fraction of sp³-hybridized carbons (Fsp3) is 0.571. The van der Waals surface area contributed by atoms with Crippen LogP contribution in [0, 0.1) is 0 Å². The highest BCUT2D eigenvalue weighted by molar-refractivity contribution is 5.97. The molecule has 2 N–H and O–H groups in total. The Morgan fingerprint density at radius 2 is 2.04 bits per heavy atom. The normalized spacial score (nSPS) is 21.4. The average molecular weight is 386 g/mol. The number of likely N-dealkylation sites (tertiary alicyclic amines) is 1. The van der Waals surface area contributed by atoms with Gasteiger partial charge in [0.25, 0.3) is 0 Å². The lowest BCUT2D eigenvalue weighted by atomic mass is 10.1. The number of carbonyl (C=O) groups excluding carboxylic acids is 2. The zero-order chi connectivity index (χ0) is 19.9. The molecule has 2 heterocycles. The van der Waals surface area contributed by atoms with Crippen LogP contribution < -0.4 is 15.5 Å². The number of hydrogen-bond acceptors (Lipinski definition) is 3. The monoisotopic (exact) mass is 385 g/mol. The Hall–Kier alpha value is -2.57. The highest BCUT2D eigenvalue weighted by Crippen LogP contribution is 2.21. The van der Waals surface area contributed by atoms with E-state index in [0.29, 0.717) is 25.3 Å². The molecule has 2 unspecified atom stereocenters. The van der Waals surface area contributed by atoms with E-state index in [0.717, 1.165) is 38.0 Å². The summed E-state index contributed by atoms with van der Waals surface area (Å²) in [7, 11) is 1.74. The van der Waals surface area contributed by atoms with Gasteiger partial charge in [-0.25, -0.2) is 0 Å². The number of amides is 2. The summed E-state index contributed by atoms with van der Waals surface area (Å²) in [5.41, 5.74) is 0.931. The fourth-order valence-corrected chi connectivity index (χ4v) is 4.04. The van der Waals surface area contributed by atoms with Crippen molar-refractivity contribution in [1.82, 2.24) is 15.5 Å². The van der Waals surface area contributed by atoms with E-state index in [2.05, 4.69) is 22.5 Å². The molecule has 1 aromatic rings. The van der Waals surface area contributed by atoms with Crippen LogP contribution in [0.25, 0.3) is 0 Å². The molecule has 0 radical (unpaired) electrons. The summed E-state index contributed by atoms with van der Waals surface area (Å²) in [4.78, 5) is 32.5. The van der Waals surface area contributed by atoms with E-state index in [1.165, 1.54) is 0 Å². The van der Waals surface area contributed by atoms with E-state index in [9.17, 15) is 9.59 Å². The Bertz CT molecular complexity index is 706. The highest BCUT2D eigenvalue weighted by Gasteiger charge is 2.31. The number of benzene rings is 1. The van der Waals surface area contributed by atoms with Crippen LogP contribution in [-0.2, 0) is 9.59 Å². The van der Waals surface area contributed by atoms with Crippen molar-refractivity contribution < 1.29 is 9.59 Å². The first-order valence-corrected chi connectivity index (χ1v) is 10.2. The van der Waals surface area contributed by atoms with Gasteiger partial charge in [0.15, 0.2) is 5.96 Å². The molecule has 2 aliphatic rings. The first-order valence-electron chi connectivity index (χ1n) is 10.2. The van der Waals surface area contributed by atoms with Crippen LogP contribution in [0.1, 0.15) is 39.0 Å². The molecule has 7 heteroatoms. The molecule has 0 saturated carbocycles. The van der Waals surface area contributed by atoms with Crippen molar-refractivity contribution >= 4 is 23.5 Å². The minimum Gasteiger partial charge on any atom is -0.356 e. The Morgan fingerprint density at radius 1 is 1.25 bits per heavy atom. The molecule has 0 bridgehead atoms. The van der Waals surface area contributed by atoms with Crippen molar-refractivity contribution in [2.75, 3.05) is 31.6 Å². The third-order valence-corrected chi connectivity index (χ3v) is 5.55. The lowest BCUT2D eigenvalue weighted by Crippen LogP contribution is -2.46. The molecule has 1 aromatic carbocycles. The van der Waals surface area contributed by atoms with Gasteiger partial charge in [-0.2, -0.15) is 0 Å². The zero-order valence-electron chi connectivity index (χ0n) is 16.9. The number of anilines is 1. The van der Waals surface area contributed by atoms with Gasteiger partial charge in [0.1, 0.15) is 0 Å². The molecule has 0 aliphatic carbocycles. The quantitative estimate of drug-likeness (QED) is 0.554. The molecule has 2 atom stereocenters. The lowest BCUT2D eigenvalue weighted by molar-refractivity contribution is -0.129. The van der Waals surface area contributed by atoms with E-state index in [1.807, 2.05) is 40.1 Å². The molecule has 152 valence electrons. The predicted octanol–water partition coefficient (Wildman–Crippen LogP) is 1.75. The van der Waals surface area contributed by atoms with Crippen LogP contribution in [0.2, 0.25) is 0 Å². The van der Waals surface area contributed by atoms with Crippen molar-refractivity contribution in [3.63, 3.8) is 0 Å². The van der Waals surface area contributed by atoms with E-state index >= 15 is 0 Å². The molecule has 2 fully saturated rings. The second-order valence-corrected chi connectivity index (χ2v) is 7.43. The fourth-order valence-electron chi connectivity index (χ4n) is 4.04. The number of nitrogens with zero attached hydrogens (tertiary/aromatic N) is 3. The molecule has 2 aliphatic heterocycles. The second kappa shape index (κ2) is 9.57. The molecule has 3 rings (SSSR count). The molecule has 2 saturated heterocycles. The van der Waals surface area contributed by atoms with E-state index < -0.39 is 0 Å². The van der Waals surface area contributed by atoms with E-state index in [1.54, 1.807) is 7.05 Å². The standard InChI is InChI=1S/C21H31N5O2/c1-3-17(25-13-7-10-19(25)27)11-12-23-21(22-2)24-16-14-20(28)26(15-16)18-8-5-4-6-9-18/h4-6,8-9,16-17H,3,7,10-15H2,1-2H3,(H2,22,23,24). The third kappa shape index (κ3) is 4.82. The second-order valence-electron chi connectivity index (χ2n) is 7.43. The summed E-state index contributed by atoms with van der Waals surface area (Å²) in [6.45, 7) is 4.38. The summed E-state index contributed by atoms with van der Waals surface area (Å²) >= 11 is 0. The van der Waals surface area contributed by atoms with Crippen molar-refractivity contribution in [2.24, 2.45) is 4.99 Å². The van der Waals surface area contributed by atoms with Gasteiger partial charge in [0.05, 0.1) is 6.04 Å². The van der Waals surface area contributed by atoms with Gasteiger partial charge in [0, 0.05) is 51.3 Å². The summed E-state index contributed by atoms with van der Waals surface area (Å²) in [5, 5.41) is 6.70. The Balaban J connectivity index is 1.47. The van der Waals surface area contributed by atoms with E-state index in [4.69, 9.17) is 0 Å². The molecule has 0 spiro atoms. The minimum absolute atomic E-state index is 0.0287. The van der Waals surface area contributed by atoms with Crippen molar-refractivity contribution in [2.45, 2.75) is 51.1 Å². The van der Waals surface area contributed by atoms with Gasteiger partial charge in [-0.05, 0) is 31.4 Å². The van der Waals surface area contributed by atoms with E-state index in [-0.39, 0.29) is 23.9 Å². The van der Waals surface area contributed by atoms with Gasteiger partial charge in [-0.1, -0.05) is 25.1 Å². The topological polar surface area (TPSA) is 77.0 Å². The molecule has 0 aromatic heterocycles. The maximum absolute atomic E-state index is 12.4. The maximum atomic E-state index is 12.4. The number of nitrogens with one attached hydrogen (secondary N) is 2. The average Bonchev–Trinajstić information content (AvgIpc) is 3.30. The van der Waals surface area contributed by atoms with Gasteiger partial charge in [-0.15, -0.1) is 0 Å². The number of carbonyl (C=O) groups is 2. The first-order chi connectivity index (χ1) is 13.6. The molecule has 28 heavy (non-hydrogen) atoms. The van der Waals surface area contributed by atoms with Crippen LogP contribution in [-0.4, -0.2) is 61.4 Å². The minimum atomic E-state index is 0.0287. The first kappa shape index (κ1) is 20.2.